The standard InChI is InChI=1S/C22H14N4O2S/c1-4-15(25-10-3-9-23-25)12-17(6-1)27-18-7-2-5-16(13-18)26-21-20(14-24-26)28-19-8-11-29-22(19)21/h1-14H. The molecule has 0 bridgehead atoms. The lowest BCUT2D eigenvalue weighted by molar-refractivity contribution is 0.482. The molecule has 0 fully saturated rings. The third-order valence-corrected chi connectivity index (χ3v) is 5.59. The summed E-state index contributed by atoms with van der Waals surface area (Å²) in [6.07, 6.45) is 5.41. The lowest BCUT2D eigenvalue weighted by Crippen LogP contribution is -1.97. The SMILES string of the molecule is c1cc(Oc2cccc(-n3ncc4oc5ccsc5c43)c2)cc(-n2cccn2)c1. The number of hydrogen-bond donors (Lipinski definition) is 0. The molecule has 0 N–H and O–H groups in total. The maximum atomic E-state index is 6.12. The van der Waals surface area contributed by atoms with Crippen molar-refractivity contribution in [3.05, 3.63) is 84.6 Å². The number of furan rings is 1. The summed E-state index contributed by atoms with van der Waals surface area (Å²) in [4.78, 5) is 0. The Morgan fingerprint density at radius 1 is 0.862 bits per heavy atom. The highest BCUT2D eigenvalue weighted by molar-refractivity contribution is 7.18. The first-order valence-corrected chi connectivity index (χ1v) is 9.95. The summed E-state index contributed by atoms with van der Waals surface area (Å²) in [5.74, 6) is 1.47. The summed E-state index contributed by atoms with van der Waals surface area (Å²) in [5, 5.41) is 10.8. The van der Waals surface area contributed by atoms with Crippen LogP contribution in [0.1, 0.15) is 0 Å². The second-order valence-corrected chi connectivity index (χ2v) is 7.45. The number of thiophene rings is 1. The van der Waals surface area contributed by atoms with Gasteiger partial charge in [-0.05, 0) is 41.8 Å². The Hall–Kier alpha value is -3.84. The summed E-state index contributed by atoms with van der Waals surface area (Å²) in [7, 11) is 0. The van der Waals surface area contributed by atoms with Crippen LogP contribution in [0.5, 0.6) is 11.5 Å². The van der Waals surface area contributed by atoms with E-state index in [0.717, 1.165) is 44.3 Å². The van der Waals surface area contributed by atoms with Crippen LogP contribution in [0.2, 0.25) is 0 Å². The Morgan fingerprint density at radius 2 is 1.69 bits per heavy atom. The molecule has 2 aromatic carbocycles. The molecule has 0 radical (unpaired) electrons. The van der Waals surface area contributed by atoms with Crippen molar-refractivity contribution in [1.82, 2.24) is 19.6 Å². The van der Waals surface area contributed by atoms with E-state index in [1.807, 2.05) is 76.9 Å². The van der Waals surface area contributed by atoms with Gasteiger partial charge in [-0.1, -0.05) is 12.1 Å². The summed E-state index contributed by atoms with van der Waals surface area (Å²) in [6, 6.07) is 19.6. The molecule has 0 spiro atoms. The number of rotatable bonds is 4. The van der Waals surface area contributed by atoms with E-state index in [9.17, 15) is 0 Å². The summed E-state index contributed by atoms with van der Waals surface area (Å²) in [5.41, 5.74) is 4.50. The molecule has 4 aromatic heterocycles. The molecule has 6 nitrogen and oxygen atoms in total. The van der Waals surface area contributed by atoms with Gasteiger partial charge in [0, 0.05) is 24.5 Å². The largest absolute Gasteiger partial charge is 0.457 e. The van der Waals surface area contributed by atoms with E-state index in [4.69, 9.17) is 9.15 Å². The molecule has 0 saturated heterocycles. The summed E-state index contributed by atoms with van der Waals surface area (Å²) in [6.45, 7) is 0. The number of fused-ring (bicyclic) bond motifs is 3. The second-order valence-electron chi connectivity index (χ2n) is 6.53. The number of aromatic nitrogens is 4. The molecule has 6 rings (SSSR count). The van der Waals surface area contributed by atoms with Crippen LogP contribution in [0.15, 0.2) is 89.1 Å². The van der Waals surface area contributed by atoms with Crippen molar-refractivity contribution in [2.75, 3.05) is 0 Å². The third kappa shape index (κ3) is 2.71. The van der Waals surface area contributed by atoms with Gasteiger partial charge in [-0.15, -0.1) is 11.3 Å². The molecule has 0 unspecified atom stereocenters. The van der Waals surface area contributed by atoms with Crippen molar-refractivity contribution < 1.29 is 9.15 Å². The molecule has 140 valence electrons. The Balaban J connectivity index is 1.37. The molecule has 0 saturated carbocycles. The van der Waals surface area contributed by atoms with Crippen LogP contribution in [-0.4, -0.2) is 19.6 Å². The monoisotopic (exact) mass is 398 g/mol. The smallest absolute Gasteiger partial charge is 0.174 e. The third-order valence-electron chi connectivity index (χ3n) is 4.68. The molecule has 0 aliphatic heterocycles. The molecule has 4 heterocycles. The van der Waals surface area contributed by atoms with Crippen LogP contribution in [0.25, 0.3) is 32.8 Å². The van der Waals surface area contributed by atoms with E-state index in [-0.39, 0.29) is 0 Å². The minimum absolute atomic E-state index is 0.731. The fraction of sp³-hybridized carbons (Fsp3) is 0. The average molecular weight is 398 g/mol. The van der Waals surface area contributed by atoms with Crippen molar-refractivity contribution in [3.8, 4) is 22.9 Å². The highest BCUT2D eigenvalue weighted by Crippen LogP contribution is 2.34. The Labute approximate surface area is 169 Å². The lowest BCUT2D eigenvalue weighted by Gasteiger charge is -2.10. The highest BCUT2D eigenvalue weighted by atomic mass is 32.1. The maximum absolute atomic E-state index is 6.12. The van der Waals surface area contributed by atoms with E-state index in [1.54, 1.807) is 28.4 Å². The second kappa shape index (κ2) is 6.35. The van der Waals surface area contributed by atoms with Crippen molar-refractivity contribution in [3.63, 3.8) is 0 Å². The van der Waals surface area contributed by atoms with Crippen molar-refractivity contribution in [1.29, 1.82) is 0 Å². The quantitative estimate of drug-likeness (QED) is 0.376. The van der Waals surface area contributed by atoms with Gasteiger partial charge >= 0.3 is 0 Å². The number of benzene rings is 2. The van der Waals surface area contributed by atoms with Gasteiger partial charge in [-0.25, -0.2) is 9.36 Å². The Bertz CT molecular complexity index is 1440. The van der Waals surface area contributed by atoms with E-state index in [1.165, 1.54) is 0 Å². The highest BCUT2D eigenvalue weighted by Gasteiger charge is 2.15. The molecule has 0 aliphatic rings. The number of nitrogens with zero attached hydrogens (tertiary/aromatic N) is 4. The van der Waals surface area contributed by atoms with Crippen LogP contribution < -0.4 is 4.74 Å². The Morgan fingerprint density at radius 3 is 2.52 bits per heavy atom. The number of ether oxygens (including phenoxy) is 1. The fourth-order valence-electron chi connectivity index (χ4n) is 3.41. The van der Waals surface area contributed by atoms with Gasteiger partial charge in [0.25, 0.3) is 0 Å². The molecule has 0 amide bonds. The maximum Gasteiger partial charge on any atom is 0.174 e. The molecule has 6 aromatic rings. The zero-order chi connectivity index (χ0) is 19.2. The van der Waals surface area contributed by atoms with Crippen molar-refractivity contribution >= 4 is 32.7 Å². The zero-order valence-electron chi connectivity index (χ0n) is 15.1. The average Bonchev–Trinajstić information content (AvgIpc) is 3.51. The molecule has 0 atom stereocenters. The van der Waals surface area contributed by atoms with E-state index in [2.05, 4.69) is 10.2 Å². The topological polar surface area (TPSA) is 58.0 Å². The van der Waals surface area contributed by atoms with Crippen LogP contribution in [0.3, 0.4) is 0 Å². The first kappa shape index (κ1) is 16.1. The minimum Gasteiger partial charge on any atom is -0.457 e. The molecular weight excluding hydrogens is 384 g/mol. The molecular formula is C22H14N4O2S. The predicted molar refractivity (Wildman–Crippen MR) is 112 cm³/mol. The van der Waals surface area contributed by atoms with Gasteiger partial charge in [0.1, 0.15) is 22.6 Å². The summed E-state index contributed by atoms with van der Waals surface area (Å²) >= 11 is 1.65. The van der Waals surface area contributed by atoms with E-state index < -0.39 is 0 Å². The minimum atomic E-state index is 0.731. The van der Waals surface area contributed by atoms with Crippen molar-refractivity contribution in [2.45, 2.75) is 0 Å². The normalized spacial score (nSPS) is 11.4. The van der Waals surface area contributed by atoms with Gasteiger partial charge in [-0.2, -0.15) is 10.2 Å². The van der Waals surface area contributed by atoms with Crippen LogP contribution >= 0.6 is 11.3 Å². The van der Waals surface area contributed by atoms with Gasteiger partial charge in [-0.3, -0.25) is 0 Å². The van der Waals surface area contributed by atoms with Gasteiger partial charge in [0.15, 0.2) is 5.58 Å². The lowest BCUT2D eigenvalue weighted by atomic mass is 10.2. The zero-order valence-corrected chi connectivity index (χ0v) is 15.9. The van der Waals surface area contributed by atoms with Crippen LogP contribution in [-0.2, 0) is 0 Å². The molecule has 29 heavy (non-hydrogen) atoms. The van der Waals surface area contributed by atoms with E-state index >= 15 is 0 Å². The predicted octanol–water partition coefficient (Wildman–Crippen LogP) is 5.81. The Kier molecular flexibility index (Phi) is 3.54. The van der Waals surface area contributed by atoms with E-state index in [0.29, 0.717) is 0 Å². The number of hydrogen-bond acceptors (Lipinski definition) is 5. The van der Waals surface area contributed by atoms with Gasteiger partial charge < -0.3 is 9.15 Å². The van der Waals surface area contributed by atoms with Gasteiger partial charge in [0.05, 0.1) is 22.3 Å². The van der Waals surface area contributed by atoms with Crippen LogP contribution in [0, 0.1) is 0 Å². The molecule has 7 heteroatoms. The first-order valence-electron chi connectivity index (χ1n) is 9.07. The fourth-order valence-corrected chi connectivity index (χ4v) is 4.26. The first-order chi connectivity index (χ1) is 14.3. The summed E-state index contributed by atoms with van der Waals surface area (Å²) < 4.78 is 16.8. The van der Waals surface area contributed by atoms with Gasteiger partial charge in [0.2, 0.25) is 0 Å². The molecule has 0 aliphatic carbocycles. The van der Waals surface area contributed by atoms with Crippen LogP contribution in [0.4, 0.5) is 0 Å². The van der Waals surface area contributed by atoms with Crippen molar-refractivity contribution in [2.24, 2.45) is 0 Å².